The standard InChI is InChI=1S/C26H19ClFN3O3/c1-33-18-7-5-16(23(12-18)34-2)14-31-22-10-15-4-3-9-30-25(15)20(13-29)24(22)26(32)19-11-17(28)6-8-21(19)27/h3-12,31H,14H2,1-2H3. The second-order valence-corrected chi connectivity index (χ2v) is 7.75. The van der Waals surface area contributed by atoms with Gasteiger partial charge in [-0.15, -0.1) is 0 Å². The van der Waals surface area contributed by atoms with E-state index in [0.29, 0.717) is 28.1 Å². The molecule has 0 radical (unpaired) electrons. The van der Waals surface area contributed by atoms with Crippen molar-refractivity contribution in [2.45, 2.75) is 6.54 Å². The summed E-state index contributed by atoms with van der Waals surface area (Å²) in [6.45, 7) is 0.279. The number of pyridine rings is 1. The number of ketones is 1. The number of hydrogen-bond donors (Lipinski definition) is 1. The van der Waals surface area contributed by atoms with Crippen LogP contribution in [0.5, 0.6) is 11.5 Å². The van der Waals surface area contributed by atoms with E-state index < -0.39 is 11.6 Å². The molecule has 0 spiro atoms. The van der Waals surface area contributed by atoms with E-state index in [-0.39, 0.29) is 28.3 Å². The molecule has 0 bridgehead atoms. The highest BCUT2D eigenvalue weighted by Crippen LogP contribution is 2.33. The van der Waals surface area contributed by atoms with Crippen molar-refractivity contribution >= 4 is 34.0 Å². The minimum absolute atomic E-state index is 0.0430. The third kappa shape index (κ3) is 4.36. The first-order chi connectivity index (χ1) is 16.5. The molecule has 170 valence electrons. The maximum atomic E-state index is 13.9. The van der Waals surface area contributed by atoms with E-state index >= 15 is 0 Å². The number of carbonyl (C=O) groups excluding carboxylic acids is 1. The number of benzene rings is 3. The predicted molar refractivity (Wildman–Crippen MR) is 128 cm³/mol. The Morgan fingerprint density at radius 2 is 1.97 bits per heavy atom. The molecule has 0 saturated heterocycles. The predicted octanol–water partition coefficient (Wildman–Crippen LogP) is 5.76. The Morgan fingerprint density at radius 1 is 1.15 bits per heavy atom. The minimum Gasteiger partial charge on any atom is -0.497 e. The van der Waals surface area contributed by atoms with Crippen molar-refractivity contribution in [3.8, 4) is 17.6 Å². The number of nitriles is 1. The number of nitrogens with zero attached hydrogens (tertiary/aromatic N) is 2. The van der Waals surface area contributed by atoms with Gasteiger partial charge in [0.25, 0.3) is 0 Å². The van der Waals surface area contributed by atoms with Gasteiger partial charge in [-0.3, -0.25) is 9.78 Å². The highest BCUT2D eigenvalue weighted by Gasteiger charge is 2.24. The number of ether oxygens (including phenoxy) is 2. The van der Waals surface area contributed by atoms with Gasteiger partial charge in [0.1, 0.15) is 23.4 Å². The lowest BCUT2D eigenvalue weighted by Gasteiger charge is -2.17. The van der Waals surface area contributed by atoms with Gasteiger partial charge in [-0.25, -0.2) is 4.39 Å². The largest absolute Gasteiger partial charge is 0.497 e. The average molecular weight is 476 g/mol. The second-order valence-electron chi connectivity index (χ2n) is 7.35. The molecule has 4 aromatic rings. The molecule has 0 fully saturated rings. The van der Waals surface area contributed by atoms with E-state index in [9.17, 15) is 14.4 Å². The van der Waals surface area contributed by atoms with Crippen LogP contribution in [0, 0.1) is 17.1 Å². The molecule has 0 unspecified atom stereocenters. The third-order valence-corrected chi connectivity index (χ3v) is 5.70. The summed E-state index contributed by atoms with van der Waals surface area (Å²) in [5.74, 6) is 0.0390. The normalized spacial score (nSPS) is 10.6. The van der Waals surface area contributed by atoms with Gasteiger partial charge in [-0.1, -0.05) is 17.7 Å². The molecule has 0 aliphatic rings. The van der Waals surface area contributed by atoms with Crippen molar-refractivity contribution in [1.82, 2.24) is 4.98 Å². The first kappa shape index (κ1) is 23.0. The summed E-state index contributed by atoms with van der Waals surface area (Å²) in [4.78, 5) is 17.9. The topological polar surface area (TPSA) is 84.2 Å². The van der Waals surface area contributed by atoms with E-state index in [1.807, 2.05) is 6.07 Å². The molecule has 0 aliphatic heterocycles. The number of nitrogens with one attached hydrogen (secondary N) is 1. The van der Waals surface area contributed by atoms with Crippen molar-refractivity contribution in [1.29, 1.82) is 5.26 Å². The van der Waals surface area contributed by atoms with Gasteiger partial charge in [0, 0.05) is 41.0 Å². The maximum Gasteiger partial charge on any atom is 0.198 e. The summed E-state index contributed by atoms with van der Waals surface area (Å²) < 4.78 is 24.6. The van der Waals surface area contributed by atoms with Crippen LogP contribution in [0.15, 0.2) is 60.8 Å². The Bertz CT molecular complexity index is 1450. The van der Waals surface area contributed by atoms with Crippen molar-refractivity contribution in [2.75, 3.05) is 19.5 Å². The first-order valence-electron chi connectivity index (χ1n) is 10.2. The Hall–Kier alpha value is -4.15. The summed E-state index contributed by atoms with van der Waals surface area (Å²) in [5.41, 5.74) is 1.66. The second kappa shape index (κ2) is 9.77. The monoisotopic (exact) mass is 475 g/mol. The van der Waals surface area contributed by atoms with Gasteiger partial charge in [0.05, 0.1) is 35.9 Å². The van der Waals surface area contributed by atoms with Gasteiger partial charge in [0.2, 0.25) is 0 Å². The number of halogens is 2. The fourth-order valence-corrected chi connectivity index (χ4v) is 3.91. The molecule has 1 heterocycles. The summed E-state index contributed by atoms with van der Waals surface area (Å²) in [5, 5.41) is 14.0. The van der Waals surface area contributed by atoms with Crippen LogP contribution in [0.4, 0.5) is 10.1 Å². The molecule has 0 aliphatic carbocycles. The zero-order valence-electron chi connectivity index (χ0n) is 18.4. The summed E-state index contributed by atoms with van der Waals surface area (Å²) >= 11 is 6.21. The van der Waals surface area contributed by atoms with Gasteiger partial charge >= 0.3 is 0 Å². The van der Waals surface area contributed by atoms with E-state index in [2.05, 4.69) is 16.4 Å². The highest BCUT2D eigenvalue weighted by molar-refractivity contribution is 6.35. The molecule has 0 atom stereocenters. The van der Waals surface area contributed by atoms with Crippen molar-refractivity contribution in [3.05, 3.63) is 93.9 Å². The van der Waals surface area contributed by atoms with Gasteiger partial charge in [0.15, 0.2) is 5.78 Å². The van der Waals surface area contributed by atoms with E-state index in [1.54, 1.807) is 50.7 Å². The van der Waals surface area contributed by atoms with E-state index in [0.717, 1.165) is 11.6 Å². The minimum atomic E-state index is -0.609. The van der Waals surface area contributed by atoms with Gasteiger partial charge < -0.3 is 14.8 Å². The van der Waals surface area contributed by atoms with Crippen LogP contribution in [0.25, 0.3) is 10.9 Å². The molecular weight excluding hydrogens is 457 g/mol. The molecule has 8 heteroatoms. The zero-order chi connectivity index (χ0) is 24.2. The lowest BCUT2D eigenvalue weighted by atomic mass is 9.94. The van der Waals surface area contributed by atoms with Gasteiger partial charge in [-0.05, 0) is 42.5 Å². The number of carbonyl (C=O) groups is 1. The number of anilines is 1. The number of fused-ring (bicyclic) bond motifs is 1. The fraction of sp³-hybridized carbons (Fsp3) is 0.115. The Morgan fingerprint density at radius 3 is 2.71 bits per heavy atom. The van der Waals surface area contributed by atoms with E-state index in [1.165, 1.54) is 12.1 Å². The third-order valence-electron chi connectivity index (χ3n) is 5.37. The Labute approximate surface area is 200 Å². The molecule has 34 heavy (non-hydrogen) atoms. The molecule has 0 amide bonds. The Kier molecular flexibility index (Phi) is 6.62. The Balaban J connectivity index is 1.85. The SMILES string of the molecule is COc1ccc(CNc2cc3cccnc3c(C#N)c2C(=O)c2cc(F)ccc2Cl)c(OC)c1. The first-order valence-corrected chi connectivity index (χ1v) is 10.6. The van der Waals surface area contributed by atoms with Crippen LogP contribution in [-0.4, -0.2) is 25.0 Å². The summed E-state index contributed by atoms with van der Waals surface area (Å²) in [6.07, 6.45) is 1.54. The van der Waals surface area contributed by atoms with Crippen LogP contribution < -0.4 is 14.8 Å². The highest BCUT2D eigenvalue weighted by atomic mass is 35.5. The summed E-state index contributed by atoms with van der Waals surface area (Å²) in [6, 6.07) is 16.3. The van der Waals surface area contributed by atoms with Crippen molar-refractivity contribution < 1.29 is 18.7 Å². The van der Waals surface area contributed by atoms with Crippen molar-refractivity contribution in [2.24, 2.45) is 0 Å². The lowest BCUT2D eigenvalue weighted by Crippen LogP contribution is -2.12. The van der Waals surface area contributed by atoms with Crippen LogP contribution in [-0.2, 0) is 6.54 Å². The molecule has 6 nitrogen and oxygen atoms in total. The average Bonchev–Trinajstić information content (AvgIpc) is 2.87. The van der Waals surface area contributed by atoms with Crippen LogP contribution in [0.1, 0.15) is 27.0 Å². The molecule has 1 N–H and O–H groups in total. The van der Waals surface area contributed by atoms with Crippen LogP contribution in [0.3, 0.4) is 0 Å². The molecule has 4 rings (SSSR count). The molecular formula is C26H19ClFN3O3. The number of aromatic nitrogens is 1. The maximum absolute atomic E-state index is 13.9. The van der Waals surface area contributed by atoms with Crippen LogP contribution >= 0.6 is 11.6 Å². The number of rotatable bonds is 7. The van der Waals surface area contributed by atoms with Gasteiger partial charge in [-0.2, -0.15) is 5.26 Å². The smallest absolute Gasteiger partial charge is 0.198 e. The molecule has 0 saturated carbocycles. The van der Waals surface area contributed by atoms with Crippen LogP contribution in [0.2, 0.25) is 5.02 Å². The quantitative estimate of drug-likeness (QED) is 0.342. The lowest BCUT2D eigenvalue weighted by molar-refractivity contribution is 0.103. The molecule has 3 aromatic carbocycles. The summed E-state index contributed by atoms with van der Waals surface area (Å²) in [7, 11) is 3.11. The zero-order valence-corrected chi connectivity index (χ0v) is 19.1. The van der Waals surface area contributed by atoms with Crippen molar-refractivity contribution in [3.63, 3.8) is 0 Å². The number of methoxy groups -OCH3 is 2. The fourth-order valence-electron chi connectivity index (χ4n) is 3.70. The number of hydrogen-bond acceptors (Lipinski definition) is 6. The van der Waals surface area contributed by atoms with E-state index in [4.69, 9.17) is 21.1 Å². The molecule has 1 aromatic heterocycles.